The molecule has 0 heterocycles. The average molecular weight is 253 g/mol. The highest BCUT2D eigenvalue weighted by Crippen LogP contribution is 2.15. The maximum atomic E-state index is 11.7. The smallest absolute Gasteiger partial charge is 0.362 e. The minimum atomic E-state index is -4.42. The van der Waals surface area contributed by atoms with E-state index in [2.05, 4.69) is 10.1 Å². The Balaban J connectivity index is 2.15. The van der Waals surface area contributed by atoms with Crippen LogP contribution in [0.25, 0.3) is 0 Å². The zero-order chi connectivity index (χ0) is 12.9. The lowest BCUT2D eigenvalue weighted by Crippen LogP contribution is -2.40. The van der Waals surface area contributed by atoms with Crippen molar-refractivity contribution >= 4 is 11.7 Å². The van der Waals surface area contributed by atoms with E-state index < -0.39 is 25.3 Å². The second-order valence-electron chi connectivity index (χ2n) is 3.99. The molecule has 1 aliphatic rings. The van der Waals surface area contributed by atoms with E-state index in [0.717, 1.165) is 0 Å². The minimum absolute atomic E-state index is 0.130. The number of halogens is 3. The number of nitrogens with one attached hydrogen (secondary N) is 1. The van der Waals surface area contributed by atoms with Gasteiger partial charge in [-0.25, -0.2) is 0 Å². The number of ketones is 1. The summed E-state index contributed by atoms with van der Waals surface area (Å²) in [6.45, 7) is -2.03. The first-order chi connectivity index (χ1) is 7.87. The van der Waals surface area contributed by atoms with Gasteiger partial charge in [-0.3, -0.25) is 9.59 Å². The van der Waals surface area contributed by atoms with Crippen LogP contribution in [-0.4, -0.2) is 37.1 Å². The first kappa shape index (κ1) is 14.0. The summed E-state index contributed by atoms with van der Waals surface area (Å²) in [7, 11) is 0. The van der Waals surface area contributed by atoms with Crippen LogP contribution in [0.15, 0.2) is 0 Å². The summed E-state index contributed by atoms with van der Waals surface area (Å²) in [5.74, 6) is -0.419. The first-order valence-corrected chi connectivity index (χ1v) is 5.32. The van der Waals surface area contributed by atoms with E-state index in [1.54, 1.807) is 0 Å². The molecule has 0 aromatic heterocycles. The average Bonchev–Trinajstić information content (AvgIpc) is 2.19. The molecule has 1 amide bonds. The maximum Gasteiger partial charge on any atom is 0.411 e. The van der Waals surface area contributed by atoms with Crippen LogP contribution in [0.4, 0.5) is 13.2 Å². The molecule has 0 radical (unpaired) electrons. The van der Waals surface area contributed by atoms with E-state index in [0.29, 0.717) is 25.7 Å². The zero-order valence-corrected chi connectivity index (χ0v) is 9.18. The quantitative estimate of drug-likeness (QED) is 0.818. The van der Waals surface area contributed by atoms with Crippen molar-refractivity contribution in [3.05, 3.63) is 0 Å². The topological polar surface area (TPSA) is 55.4 Å². The molecule has 0 aromatic rings. The molecule has 0 saturated heterocycles. The van der Waals surface area contributed by atoms with E-state index >= 15 is 0 Å². The van der Waals surface area contributed by atoms with E-state index in [9.17, 15) is 22.8 Å². The van der Waals surface area contributed by atoms with Gasteiger partial charge in [-0.2, -0.15) is 13.2 Å². The van der Waals surface area contributed by atoms with Crippen LogP contribution in [0.1, 0.15) is 25.7 Å². The number of carbonyl (C=O) groups excluding carboxylic acids is 2. The zero-order valence-electron chi connectivity index (χ0n) is 9.18. The van der Waals surface area contributed by atoms with Crippen LogP contribution in [0.2, 0.25) is 0 Å². The number of alkyl halides is 3. The third-order valence-corrected chi connectivity index (χ3v) is 2.41. The molecule has 1 rings (SSSR count). The molecule has 1 saturated carbocycles. The van der Waals surface area contributed by atoms with Crippen LogP contribution in [0.3, 0.4) is 0 Å². The Morgan fingerprint density at radius 1 is 1.35 bits per heavy atom. The monoisotopic (exact) mass is 253 g/mol. The van der Waals surface area contributed by atoms with Gasteiger partial charge in [-0.05, 0) is 12.8 Å². The summed E-state index contributed by atoms with van der Waals surface area (Å²) >= 11 is 0. The van der Waals surface area contributed by atoms with Crippen molar-refractivity contribution in [2.75, 3.05) is 13.2 Å². The number of amides is 1. The highest BCUT2D eigenvalue weighted by atomic mass is 19.4. The SMILES string of the molecule is O=C1CCC(NC(=O)COCC(F)(F)F)CC1. The number of carbonyl (C=O) groups is 2. The summed E-state index contributed by atoms with van der Waals surface area (Å²) in [4.78, 5) is 22.1. The van der Waals surface area contributed by atoms with E-state index in [1.807, 2.05) is 0 Å². The summed E-state index contributed by atoms with van der Waals surface area (Å²) in [6, 6.07) is -0.130. The second-order valence-corrected chi connectivity index (χ2v) is 3.99. The van der Waals surface area contributed by atoms with Crippen LogP contribution in [0, 0.1) is 0 Å². The molecule has 7 heteroatoms. The largest absolute Gasteiger partial charge is 0.411 e. The van der Waals surface area contributed by atoms with Gasteiger partial charge in [-0.1, -0.05) is 0 Å². The Morgan fingerprint density at radius 3 is 2.47 bits per heavy atom. The van der Waals surface area contributed by atoms with Crippen molar-refractivity contribution in [3.63, 3.8) is 0 Å². The van der Waals surface area contributed by atoms with Gasteiger partial charge >= 0.3 is 6.18 Å². The lowest BCUT2D eigenvalue weighted by molar-refractivity contribution is -0.175. The molecule has 0 aromatic carbocycles. The minimum Gasteiger partial charge on any atom is -0.362 e. The lowest BCUT2D eigenvalue weighted by Gasteiger charge is -2.22. The summed E-state index contributed by atoms with van der Waals surface area (Å²) < 4.78 is 39.4. The van der Waals surface area contributed by atoms with E-state index in [1.165, 1.54) is 0 Å². The van der Waals surface area contributed by atoms with Gasteiger partial charge in [0.25, 0.3) is 0 Å². The molecule has 1 aliphatic carbocycles. The fourth-order valence-corrected chi connectivity index (χ4v) is 1.61. The summed E-state index contributed by atoms with van der Waals surface area (Å²) in [6.07, 6.45) is -2.51. The lowest BCUT2D eigenvalue weighted by atomic mass is 9.94. The van der Waals surface area contributed by atoms with Gasteiger partial charge in [-0.15, -0.1) is 0 Å². The number of ether oxygens (including phenoxy) is 1. The Bertz CT molecular complexity index is 281. The Morgan fingerprint density at radius 2 is 1.94 bits per heavy atom. The molecule has 0 unspecified atom stereocenters. The van der Waals surface area contributed by atoms with Crippen molar-refractivity contribution in [2.45, 2.75) is 37.9 Å². The molecule has 0 bridgehead atoms. The predicted octanol–water partition coefficient (Wildman–Crippen LogP) is 1.19. The number of rotatable bonds is 4. The standard InChI is InChI=1S/C10H14F3NO3/c11-10(12,13)6-17-5-9(16)14-7-1-3-8(15)4-2-7/h7H,1-6H2,(H,14,16). The fraction of sp³-hybridized carbons (Fsp3) is 0.800. The van der Waals surface area contributed by atoms with Crippen LogP contribution in [0.5, 0.6) is 0 Å². The van der Waals surface area contributed by atoms with Gasteiger partial charge in [0, 0.05) is 18.9 Å². The third-order valence-electron chi connectivity index (χ3n) is 2.41. The van der Waals surface area contributed by atoms with E-state index in [4.69, 9.17) is 0 Å². The van der Waals surface area contributed by atoms with Crippen molar-refractivity contribution < 1.29 is 27.5 Å². The summed E-state index contributed by atoms with van der Waals surface area (Å²) in [5, 5.41) is 2.54. The van der Waals surface area contributed by atoms with E-state index in [-0.39, 0.29) is 11.8 Å². The molecule has 0 spiro atoms. The van der Waals surface area contributed by atoms with Crippen molar-refractivity contribution in [1.82, 2.24) is 5.32 Å². The predicted molar refractivity (Wildman–Crippen MR) is 52.3 cm³/mol. The van der Waals surface area contributed by atoms with Gasteiger partial charge in [0.05, 0.1) is 0 Å². The van der Waals surface area contributed by atoms with Crippen molar-refractivity contribution in [3.8, 4) is 0 Å². The highest BCUT2D eigenvalue weighted by Gasteiger charge is 2.28. The number of hydrogen-bond donors (Lipinski definition) is 1. The molecular weight excluding hydrogens is 239 g/mol. The number of Topliss-reactive ketones (excluding diaryl/α,β-unsaturated/α-hetero) is 1. The highest BCUT2D eigenvalue weighted by molar-refractivity contribution is 5.80. The third kappa shape index (κ3) is 6.25. The van der Waals surface area contributed by atoms with Crippen molar-refractivity contribution in [2.24, 2.45) is 0 Å². The molecule has 0 aliphatic heterocycles. The molecule has 1 N–H and O–H groups in total. The summed E-state index contributed by atoms with van der Waals surface area (Å²) in [5.41, 5.74) is 0. The Labute approximate surface area is 96.5 Å². The van der Waals surface area contributed by atoms with Gasteiger partial charge in [0.2, 0.25) is 5.91 Å². The van der Waals surface area contributed by atoms with Crippen LogP contribution in [-0.2, 0) is 14.3 Å². The fourth-order valence-electron chi connectivity index (χ4n) is 1.61. The molecular formula is C10H14F3NO3. The first-order valence-electron chi connectivity index (χ1n) is 5.32. The second kappa shape index (κ2) is 6.00. The molecule has 17 heavy (non-hydrogen) atoms. The van der Waals surface area contributed by atoms with Crippen LogP contribution >= 0.6 is 0 Å². The van der Waals surface area contributed by atoms with Crippen molar-refractivity contribution in [1.29, 1.82) is 0 Å². The van der Waals surface area contributed by atoms with Gasteiger partial charge in [0.1, 0.15) is 19.0 Å². The maximum absolute atomic E-state index is 11.7. The Kier molecular flexibility index (Phi) is 4.92. The Hall–Kier alpha value is -1.11. The van der Waals surface area contributed by atoms with Gasteiger partial charge in [0.15, 0.2) is 0 Å². The molecule has 1 fully saturated rings. The van der Waals surface area contributed by atoms with Gasteiger partial charge < -0.3 is 10.1 Å². The van der Waals surface area contributed by atoms with Crippen LogP contribution < -0.4 is 5.32 Å². The number of hydrogen-bond acceptors (Lipinski definition) is 3. The molecule has 98 valence electrons. The molecule has 4 nitrogen and oxygen atoms in total. The normalized spacial score (nSPS) is 18.2. The molecule has 0 atom stereocenters.